The summed E-state index contributed by atoms with van der Waals surface area (Å²) < 4.78 is 9.07. The minimum atomic E-state index is 0.892. The number of hydrogen-bond donors (Lipinski definition) is 0. The van der Waals surface area contributed by atoms with Gasteiger partial charge in [0.25, 0.3) is 0 Å². The summed E-state index contributed by atoms with van der Waals surface area (Å²) in [6.07, 6.45) is 0. The van der Waals surface area contributed by atoms with Crippen LogP contribution in [0.5, 0.6) is 0 Å². The Bertz CT molecular complexity index is 3620. The maximum atomic E-state index is 6.63. The van der Waals surface area contributed by atoms with Gasteiger partial charge >= 0.3 is 0 Å². The van der Waals surface area contributed by atoms with Crippen molar-refractivity contribution in [1.29, 1.82) is 0 Å². The Kier molecular flexibility index (Phi) is 8.83. The summed E-state index contributed by atoms with van der Waals surface area (Å²) in [7, 11) is 0. The summed E-state index contributed by atoms with van der Waals surface area (Å²) in [6.45, 7) is 0. The van der Waals surface area contributed by atoms with E-state index in [4.69, 9.17) is 4.42 Å². The standard InChI is InChI=1S/C60H40N2O/c1-3-19-41(20-4-1)45-23-7-8-24-46(45)43-37-39-44(40-38-43)61(53-31-13-9-25-47(53)42-21-5-2-6-22-42)56-34-18-35-57-59(56)52-28-11-15-33-55(52)62(57)54-32-14-10-26-48(54)50-29-17-30-51-49-27-12-16-36-58(49)63-60(50)51/h1-40H. The molecule has 3 heteroatoms. The van der Waals surface area contributed by atoms with Crippen molar-refractivity contribution in [3.05, 3.63) is 243 Å². The summed E-state index contributed by atoms with van der Waals surface area (Å²) in [5.74, 6) is 0. The van der Waals surface area contributed by atoms with Gasteiger partial charge in [-0.1, -0.05) is 194 Å². The van der Waals surface area contributed by atoms with Crippen LogP contribution >= 0.6 is 0 Å². The molecule has 63 heavy (non-hydrogen) atoms. The quantitative estimate of drug-likeness (QED) is 0.153. The molecule has 10 aromatic carbocycles. The zero-order valence-corrected chi connectivity index (χ0v) is 34.4. The second-order valence-corrected chi connectivity index (χ2v) is 16.0. The lowest BCUT2D eigenvalue weighted by molar-refractivity contribution is 0.670. The minimum absolute atomic E-state index is 0.892. The SMILES string of the molecule is c1ccc(-c2ccccc2-c2ccc(N(c3ccccc3-c3ccccc3)c3cccc4c3c3ccccc3n4-c3ccccc3-c3cccc4c3oc3ccccc34)cc2)cc1. The number of fused-ring (bicyclic) bond motifs is 6. The molecule has 0 spiro atoms. The molecule has 0 saturated carbocycles. The number of nitrogens with zero attached hydrogens (tertiary/aromatic N) is 2. The average molecular weight is 805 g/mol. The van der Waals surface area contributed by atoms with Gasteiger partial charge < -0.3 is 13.9 Å². The summed E-state index contributed by atoms with van der Waals surface area (Å²) in [6, 6.07) is 87.1. The lowest BCUT2D eigenvalue weighted by atomic mass is 9.94. The maximum Gasteiger partial charge on any atom is 0.143 e. The van der Waals surface area contributed by atoms with Crippen molar-refractivity contribution in [2.24, 2.45) is 0 Å². The first kappa shape index (κ1) is 36.5. The van der Waals surface area contributed by atoms with E-state index in [0.717, 1.165) is 78.0 Å². The van der Waals surface area contributed by atoms with Gasteiger partial charge in [-0.3, -0.25) is 0 Å². The summed E-state index contributed by atoms with van der Waals surface area (Å²) in [5, 5.41) is 4.59. The molecular weight excluding hydrogens is 765 g/mol. The van der Waals surface area contributed by atoms with Gasteiger partial charge in [-0.2, -0.15) is 0 Å². The molecule has 0 radical (unpaired) electrons. The van der Waals surface area contributed by atoms with E-state index in [2.05, 4.69) is 246 Å². The molecule has 0 saturated heterocycles. The molecule has 0 aliphatic carbocycles. The van der Waals surface area contributed by atoms with E-state index in [1.807, 2.05) is 6.07 Å². The predicted octanol–water partition coefficient (Wildman–Crippen LogP) is 16.8. The number of rotatable bonds is 8. The molecule has 2 heterocycles. The third-order valence-corrected chi connectivity index (χ3v) is 12.4. The van der Waals surface area contributed by atoms with Crippen LogP contribution in [0.15, 0.2) is 247 Å². The van der Waals surface area contributed by atoms with E-state index in [1.165, 1.54) is 33.0 Å². The minimum Gasteiger partial charge on any atom is -0.455 e. The van der Waals surface area contributed by atoms with Crippen LogP contribution in [0.25, 0.3) is 93.9 Å². The topological polar surface area (TPSA) is 21.3 Å². The lowest BCUT2D eigenvalue weighted by Gasteiger charge is -2.29. The highest BCUT2D eigenvalue weighted by Gasteiger charge is 2.25. The Morgan fingerprint density at radius 2 is 0.825 bits per heavy atom. The van der Waals surface area contributed by atoms with E-state index in [-0.39, 0.29) is 0 Å². The Hall–Kier alpha value is -8.40. The van der Waals surface area contributed by atoms with Crippen LogP contribution in [-0.2, 0) is 0 Å². The predicted molar refractivity (Wildman–Crippen MR) is 264 cm³/mol. The Morgan fingerprint density at radius 1 is 0.317 bits per heavy atom. The van der Waals surface area contributed by atoms with Crippen LogP contribution in [0.1, 0.15) is 0 Å². The number of furan rings is 1. The smallest absolute Gasteiger partial charge is 0.143 e. The van der Waals surface area contributed by atoms with Gasteiger partial charge in [0.1, 0.15) is 11.2 Å². The van der Waals surface area contributed by atoms with Gasteiger partial charge in [0, 0.05) is 43.9 Å². The first-order valence-electron chi connectivity index (χ1n) is 21.5. The van der Waals surface area contributed by atoms with Crippen molar-refractivity contribution in [2.45, 2.75) is 0 Å². The highest BCUT2D eigenvalue weighted by molar-refractivity contribution is 6.18. The molecule has 0 bridgehead atoms. The molecule has 0 N–H and O–H groups in total. The zero-order chi connectivity index (χ0) is 41.7. The highest BCUT2D eigenvalue weighted by atomic mass is 16.3. The van der Waals surface area contributed by atoms with Crippen molar-refractivity contribution < 1.29 is 4.42 Å². The van der Waals surface area contributed by atoms with E-state index in [0.29, 0.717) is 0 Å². The number of aromatic nitrogens is 1. The van der Waals surface area contributed by atoms with Crippen molar-refractivity contribution >= 4 is 60.8 Å². The monoisotopic (exact) mass is 804 g/mol. The molecule has 0 unspecified atom stereocenters. The normalized spacial score (nSPS) is 11.5. The Balaban J connectivity index is 1.09. The number of anilines is 3. The second kappa shape index (κ2) is 15.3. The Labute approximate surface area is 366 Å². The first-order valence-corrected chi connectivity index (χ1v) is 21.5. The summed E-state index contributed by atoms with van der Waals surface area (Å²) in [5.41, 5.74) is 17.7. The maximum absolute atomic E-state index is 6.63. The third kappa shape index (κ3) is 6.13. The second-order valence-electron chi connectivity index (χ2n) is 16.0. The molecule has 0 aliphatic rings. The lowest BCUT2D eigenvalue weighted by Crippen LogP contribution is -2.11. The fraction of sp³-hybridized carbons (Fsp3) is 0. The fourth-order valence-corrected chi connectivity index (χ4v) is 9.63. The number of hydrogen-bond acceptors (Lipinski definition) is 2. The third-order valence-electron chi connectivity index (χ3n) is 12.4. The zero-order valence-electron chi connectivity index (χ0n) is 34.4. The molecule has 0 fully saturated rings. The summed E-state index contributed by atoms with van der Waals surface area (Å²) >= 11 is 0. The van der Waals surface area contributed by atoms with Gasteiger partial charge in [0.15, 0.2) is 0 Å². The van der Waals surface area contributed by atoms with Gasteiger partial charge in [-0.05, 0) is 76.3 Å². The van der Waals surface area contributed by atoms with Crippen molar-refractivity contribution in [1.82, 2.24) is 4.57 Å². The van der Waals surface area contributed by atoms with Crippen LogP contribution < -0.4 is 4.90 Å². The fourth-order valence-electron chi connectivity index (χ4n) is 9.63. The van der Waals surface area contributed by atoms with Crippen molar-refractivity contribution in [3.63, 3.8) is 0 Å². The van der Waals surface area contributed by atoms with E-state index >= 15 is 0 Å². The molecule has 0 amide bonds. The van der Waals surface area contributed by atoms with E-state index in [1.54, 1.807) is 0 Å². The van der Waals surface area contributed by atoms with Gasteiger partial charge in [0.05, 0.1) is 28.1 Å². The van der Waals surface area contributed by atoms with E-state index in [9.17, 15) is 0 Å². The van der Waals surface area contributed by atoms with Gasteiger partial charge in [-0.15, -0.1) is 0 Å². The van der Waals surface area contributed by atoms with Crippen LogP contribution in [-0.4, -0.2) is 4.57 Å². The Morgan fingerprint density at radius 3 is 1.59 bits per heavy atom. The molecular formula is C60H40N2O. The molecule has 12 rings (SSSR count). The molecule has 3 nitrogen and oxygen atoms in total. The van der Waals surface area contributed by atoms with E-state index < -0.39 is 0 Å². The molecule has 296 valence electrons. The van der Waals surface area contributed by atoms with Crippen LogP contribution in [0.4, 0.5) is 17.1 Å². The number of para-hydroxylation sites is 5. The highest BCUT2D eigenvalue weighted by Crippen LogP contribution is 2.48. The van der Waals surface area contributed by atoms with Gasteiger partial charge in [-0.25, -0.2) is 0 Å². The summed E-state index contributed by atoms with van der Waals surface area (Å²) in [4.78, 5) is 2.45. The van der Waals surface area contributed by atoms with Crippen LogP contribution in [0.3, 0.4) is 0 Å². The molecule has 0 aliphatic heterocycles. The van der Waals surface area contributed by atoms with Crippen LogP contribution in [0, 0.1) is 0 Å². The van der Waals surface area contributed by atoms with Crippen LogP contribution in [0.2, 0.25) is 0 Å². The molecule has 12 aromatic rings. The van der Waals surface area contributed by atoms with Crippen molar-refractivity contribution in [2.75, 3.05) is 4.90 Å². The van der Waals surface area contributed by atoms with Crippen molar-refractivity contribution in [3.8, 4) is 50.2 Å². The first-order chi connectivity index (χ1) is 31.3. The average Bonchev–Trinajstić information content (AvgIpc) is 3.92. The number of benzene rings is 10. The van der Waals surface area contributed by atoms with Gasteiger partial charge in [0.2, 0.25) is 0 Å². The largest absolute Gasteiger partial charge is 0.455 e. The molecule has 2 aromatic heterocycles. The molecule has 0 atom stereocenters.